The van der Waals surface area contributed by atoms with E-state index in [1.807, 2.05) is 131 Å². The molecule has 8 aliphatic heterocycles. The lowest BCUT2D eigenvalue weighted by molar-refractivity contribution is -0.956. The van der Waals surface area contributed by atoms with Crippen molar-refractivity contribution in [1.29, 1.82) is 0 Å². The molecule has 16 nitrogen and oxygen atoms in total. The lowest BCUT2D eigenvalue weighted by Crippen LogP contribution is -2.80. The second-order valence-corrected chi connectivity index (χ2v) is 21.4. The first-order chi connectivity index (χ1) is 36.3. The zero-order chi connectivity index (χ0) is 50.7. The van der Waals surface area contributed by atoms with E-state index < -0.39 is 0 Å². The monoisotopic (exact) mass is 1010 g/mol. The summed E-state index contributed by atoms with van der Waals surface area (Å²) in [4.78, 5) is 72.5. The van der Waals surface area contributed by atoms with Crippen molar-refractivity contribution in [2.45, 2.75) is 12.3 Å². The van der Waals surface area contributed by atoms with Crippen LogP contribution >= 0.6 is 0 Å². The molecule has 8 saturated heterocycles. The summed E-state index contributed by atoms with van der Waals surface area (Å²) in [5.41, 5.74) is 3.09. The summed E-state index contributed by atoms with van der Waals surface area (Å²) >= 11 is 0. The smallest absolute Gasteiger partial charge is 0.336 e. The van der Waals surface area contributed by atoms with Gasteiger partial charge >= 0.3 is 11.8 Å². The molecule has 2 N–H and O–H groups in total. The summed E-state index contributed by atoms with van der Waals surface area (Å²) in [6.45, 7) is 27.0. The van der Waals surface area contributed by atoms with Gasteiger partial charge in [0.2, 0.25) is 12.3 Å². The normalized spacial score (nSPS) is 30.3. The van der Waals surface area contributed by atoms with E-state index in [4.69, 9.17) is 0 Å². The van der Waals surface area contributed by atoms with Crippen molar-refractivity contribution >= 4 is 23.6 Å². The molecule has 2 atom stereocenters. The Morgan fingerprint density at radius 3 is 0.878 bits per heavy atom. The number of piperazine rings is 2. The fraction of sp³-hybridized carbons (Fsp3) is 0.517. The van der Waals surface area contributed by atoms with Crippen LogP contribution < -0.4 is 10.6 Å². The second kappa shape index (κ2) is 24.6. The van der Waals surface area contributed by atoms with Crippen LogP contribution in [-0.2, 0) is 0 Å². The van der Waals surface area contributed by atoms with Crippen LogP contribution in [0.4, 0.5) is 0 Å². The molecule has 4 amide bonds. The Labute approximate surface area is 439 Å². The van der Waals surface area contributed by atoms with Gasteiger partial charge in [0, 0.05) is 142 Å². The molecular weight excluding hydrogens is 929 g/mol. The second-order valence-electron chi connectivity index (χ2n) is 21.4. The molecular formula is C58H80N12O4+2. The molecule has 8 heterocycles. The highest BCUT2D eigenvalue weighted by Crippen LogP contribution is 2.45. The van der Waals surface area contributed by atoms with E-state index in [9.17, 15) is 19.2 Å². The summed E-state index contributed by atoms with van der Waals surface area (Å²) in [5, 5.41) is 7.00. The van der Waals surface area contributed by atoms with Crippen LogP contribution in [0, 0.1) is 0 Å². The van der Waals surface area contributed by atoms with Gasteiger partial charge in [-0.15, -0.1) is 0 Å². The standard InChI is InChI=1S/C24H28N4O2.C24H30N4O2.C10H22N4/c29-23(19-7-3-1-4-8-19)27-15-11-25-14-18-28(24(30)20-9-5-2-6-10-20)16-12-26(13-17-27)22(28)21(25)27;29-23(21-7-3-1-4-8-21)27-17-13-25-11-12-26(14-18-27)16-20-28(19-15-25)24(30)22-9-5-2-6-10-22;1-5-13-7-3-12-4-8-14(10-9-13)6-2-11-1/h1-10,21-22H,11-18H2;1-10H,11-20H2;11-12H,1-10H2/q+2;;. The number of hydrogen-bond acceptors (Lipinski definition) is 12. The van der Waals surface area contributed by atoms with E-state index in [1.54, 1.807) is 0 Å². The van der Waals surface area contributed by atoms with E-state index in [-0.39, 0.29) is 36.0 Å². The highest BCUT2D eigenvalue weighted by Gasteiger charge is 2.71. The van der Waals surface area contributed by atoms with E-state index in [0.717, 1.165) is 140 Å². The largest absolute Gasteiger partial charge is 0.347 e. The quantitative estimate of drug-likeness (QED) is 0.293. The van der Waals surface area contributed by atoms with Gasteiger partial charge in [-0.1, -0.05) is 72.8 Å². The van der Waals surface area contributed by atoms with E-state index in [1.165, 1.54) is 39.3 Å². The van der Waals surface area contributed by atoms with Crippen molar-refractivity contribution in [2.75, 3.05) is 183 Å². The number of quaternary nitrogens is 2. The fourth-order valence-corrected chi connectivity index (χ4v) is 12.9. The summed E-state index contributed by atoms with van der Waals surface area (Å²) in [6.07, 6.45) is 0.130. The Bertz CT molecular complexity index is 2280. The minimum atomic E-state index is 0.0652. The third-order valence-corrected chi connectivity index (χ3v) is 17.3. The van der Waals surface area contributed by atoms with Gasteiger partial charge in [-0.25, -0.2) is 28.4 Å². The number of hydrogen-bond donors (Lipinski definition) is 2. The van der Waals surface area contributed by atoms with Crippen molar-refractivity contribution in [3.63, 3.8) is 0 Å². The topological polar surface area (TPSA) is 118 Å². The molecule has 0 aliphatic carbocycles. The minimum absolute atomic E-state index is 0.0652. The first-order valence-corrected chi connectivity index (χ1v) is 27.7. The summed E-state index contributed by atoms with van der Waals surface area (Å²) in [6, 6.07) is 38.6. The molecule has 0 spiro atoms. The Balaban J connectivity index is 0.000000135. The number of carbonyl (C=O) groups excluding carboxylic acids is 4. The van der Waals surface area contributed by atoms with Crippen molar-refractivity contribution in [3.05, 3.63) is 144 Å². The molecule has 4 aromatic carbocycles. The lowest BCUT2D eigenvalue weighted by Gasteiger charge is -2.54. The molecule has 8 fully saturated rings. The van der Waals surface area contributed by atoms with E-state index in [2.05, 4.69) is 40.0 Å². The SMILES string of the molecule is C1CN2CCNCCN(CCN1)CC2.O=C(c1ccccc1)N1CCN2CCN(CC1)CCN(C(=O)c1ccccc1)CC2.O=C(c1ccccc1)[N+]12CCN3CC[N+]4(C(=O)c5ccccc5)CCN(CC1)C4C32. The summed E-state index contributed by atoms with van der Waals surface area (Å²) in [5.74, 6) is 0.661. The molecule has 0 saturated carbocycles. The molecule has 394 valence electrons. The first-order valence-electron chi connectivity index (χ1n) is 27.7. The van der Waals surface area contributed by atoms with Gasteiger partial charge in [0.05, 0.1) is 37.3 Å². The molecule has 8 aliphatic rings. The van der Waals surface area contributed by atoms with Crippen LogP contribution in [0.1, 0.15) is 41.4 Å². The van der Waals surface area contributed by atoms with Crippen LogP contribution in [0.25, 0.3) is 0 Å². The third kappa shape index (κ3) is 11.7. The molecule has 4 bridgehead atoms. The van der Waals surface area contributed by atoms with Crippen LogP contribution in [0.15, 0.2) is 121 Å². The van der Waals surface area contributed by atoms with Gasteiger partial charge in [0.25, 0.3) is 11.8 Å². The highest BCUT2D eigenvalue weighted by atomic mass is 16.2. The number of amides is 4. The van der Waals surface area contributed by atoms with Gasteiger partial charge in [0.1, 0.15) is 26.2 Å². The zero-order valence-electron chi connectivity index (χ0n) is 43.6. The van der Waals surface area contributed by atoms with Gasteiger partial charge in [-0.2, -0.15) is 0 Å². The summed E-state index contributed by atoms with van der Waals surface area (Å²) < 4.78 is 0.959. The van der Waals surface area contributed by atoms with Crippen molar-refractivity contribution in [2.24, 2.45) is 0 Å². The van der Waals surface area contributed by atoms with Crippen molar-refractivity contribution < 1.29 is 28.1 Å². The van der Waals surface area contributed by atoms with Crippen LogP contribution in [0.2, 0.25) is 0 Å². The lowest BCUT2D eigenvalue weighted by atomic mass is 10.0. The average Bonchev–Trinajstić information content (AvgIpc) is 4.14. The Morgan fingerprint density at radius 1 is 0.324 bits per heavy atom. The van der Waals surface area contributed by atoms with E-state index >= 15 is 0 Å². The predicted octanol–water partition coefficient (Wildman–Crippen LogP) is 2.31. The molecule has 74 heavy (non-hydrogen) atoms. The van der Waals surface area contributed by atoms with Gasteiger partial charge < -0.3 is 20.4 Å². The highest BCUT2D eigenvalue weighted by molar-refractivity contribution is 5.95. The van der Waals surface area contributed by atoms with Crippen LogP contribution in [0.5, 0.6) is 0 Å². The maximum atomic E-state index is 13.8. The number of nitrogens with one attached hydrogen (secondary N) is 2. The maximum absolute atomic E-state index is 13.8. The number of fused-ring (bicyclic) bond motifs is 6. The summed E-state index contributed by atoms with van der Waals surface area (Å²) in [7, 11) is 0. The van der Waals surface area contributed by atoms with Crippen LogP contribution in [0.3, 0.4) is 0 Å². The van der Waals surface area contributed by atoms with Gasteiger partial charge in [-0.05, 0) is 48.5 Å². The number of benzene rings is 4. The molecule has 12 rings (SSSR count). The molecule has 0 aromatic heterocycles. The maximum Gasteiger partial charge on any atom is 0.347 e. The van der Waals surface area contributed by atoms with Gasteiger partial charge in [0.15, 0.2) is 0 Å². The van der Waals surface area contributed by atoms with Crippen LogP contribution in [-0.4, -0.2) is 267 Å². The zero-order valence-corrected chi connectivity index (χ0v) is 43.6. The van der Waals surface area contributed by atoms with E-state index in [0.29, 0.717) is 35.1 Å². The minimum Gasteiger partial charge on any atom is -0.336 e. The fourth-order valence-electron chi connectivity index (χ4n) is 12.9. The number of rotatable bonds is 4. The number of nitrogens with zero attached hydrogens (tertiary/aromatic N) is 10. The molecule has 16 heteroatoms. The van der Waals surface area contributed by atoms with Gasteiger partial charge in [-0.3, -0.25) is 29.2 Å². The average molecular weight is 1010 g/mol. The Morgan fingerprint density at radius 2 is 0.581 bits per heavy atom. The third-order valence-electron chi connectivity index (χ3n) is 17.3. The Hall–Kier alpha value is -5.24. The van der Waals surface area contributed by atoms with Crippen molar-refractivity contribution in [3.8, 4) is 0 Å². The molecule has 4 aromatic rings. The molecule has 2 unspecified atom stereocenters. The number of carbonyl (C=O) groups is 4. The predicted molar refractivity (Wildman–Crippen MR) is 288 cm³/mol. The first kappa shape index (κ1) is 52.2. The Kier molecular flexibility index (Phi) is 17.4. The molecule has 0 radical (unpaired) electrons. The van der Waals surface area contributed by atoms with Crippen molar-refractivity contribution in [1.82, 2.24) is 49.8 Å².